The number of rotatable bonds is 1. The Morgan fingerprint density at radius 1 is 1.27 bits per heavy atom. The summed E-state index contributed by atoms with van der Waals surface area (Å²) in [5.41, 5.74) is 0. The molecule has 0 saturated carbocycles. The minimum atomic E-state index is 0.677. The average molecular weight is 149 g/mol. The molecule has 0 fully saturated rings. The Morgan fingerprint density at radius 2 is 1.91 bits per heavy atom. The van der Waals surface area contributed by atoms with Gasteiger partial charge in [-0.2, -0.15) is 0 Å². The van der Waals surface area contributed by atoms with E-state index in [4.69, 9.17) is 4.74 Å². The fourth-order valence-electron chi connectivity index (χ4n) is 0.705. The Labute approximate surface area is 66.5 Å². The van der Waals surface area contributed by atoms with Crippen LogP contribution in [0.25, 0.3) is 0 Å². The predicted molar refractivity (Wildman–Crippen MR) is 46.1 cm³/mol. The summed E-state index contributed by atoms with van der Waals surface area (Å²) in [6, 6.07) is 9.60. The fourth-order valence-corrected chi connectivity index (χ4v) is 0.705. The van der Waals surface area contributed by atoms with Gasteiger partial charge < -0.3 is 4.74 Å². The maximum absolute atomic E-state index is 5.31. The Bertz CT molecular complexity index is 241. The van der Waals surface area contributed by atoms with Gasteiger partial charge >= 0.3 is 0 Å². The normalized spacial score (nSPS) is 11.3. The highest BCUT2D eigenvalue weighted by atomic mass is 16.5. The lowest BCUT2D eigenvalue weighted by Crippen LogP contribution is -2.01. The zero-order chi connectivity index (χ0) is 8.10. The van der Waals surface area contributed by atoms with Crippen molar-refractivity contribution in [3.63, 3.8) is 0 Å². The molecule has 0 N–H and O–H groups in total. The largest absolute Gasteiger partial charge is 0.444 e. The van der Waals surface area contributed by atoms with Crippen LogP contribution in [0.3, 0.4) is 0 Å². The number of hydrogen-bond acceptors (Lipinski definition) is 2. The summed E-state index contributed by atoms with van der Waals surface area (Å²) in [6.45, 7) is 1.83. The highest BCUT2D eigenvalue weighted by Gasteiger charge is 1.91. The van der Waals surface area contributed by atoms with Crippen LogP contribution < -0.4 is 4.74 Å². The third kappa shape index (κ3) is 2.42. The lowest BCUT2D eigenvalue weighted by Gasteiger charge is -2.01. The molecule has 0 saturated heterocycles. The minimum absolute atomic E-state index is 0.677. The van der Waals surface area contributed by atoms with Crippen LogP contribution in [0.4, 0.5) is 0 Å². The molecule has 58 valence electrons. The molecular formula is C9H11NO. The smallest absolute Gasteiger partial charge is 0.186 e. The number of aliphatic imine (C=N–C) groups is 1. The number of hydrogen-bond donors (Lipinski definition) is 0. The third-order valence-corrected chi connectivity index (χ3v) is 1.32. The molecule has 1 aromatic carbocycles. The van der Waals surface area contributed by atoms with Gasteiger partial charge in [-0.25, -0.2) is 0 Å². The van der Waals surface area contributed by atoms with Gasteiger partial charge in [0.25, 0.3) is 0 Å². The molecule has 2 nitrogen and oxygen atoms in total. The summed E-state index contributed by atoms with van der Waals surface area (Å²) in [5.74, 6) is 1.51. The van der Waals surface area contributed by atoms with Crippen LogP contribution in [-0.4, -0.2) is 12.9 Å². The van der Waals surface area contributed by atoms with Crippen LogP contribution in [-0.2, 0) is 0 Å². The van der Waals surface area contributed by atoms with Gasteiger partial charge in [-0.15, -0.1) is 0 Å². The number of para-hydroxylation sites is 1. The van der Waals surface area contributed by atoms with Gasteiger partial charge in [-0.1, -0.05) is 18.2 Å². The highest BCUT2D eigenvalue weighted by Crippen LogP contribution is 2.08. The van der Waals surface area contributed by atoms with Crippen LogP contribution in [0.5, 0.6) is 5.75 Å². The Kier molecular flexibility index (Phi) is 2.66. The molecule has 0 unspecified atom stereocenters. The second kappa shape index (κ2) is 3.76. The molecular weight excluding hydrogens is 138 g/mol. The van der Waals surface area contributed by atoms with Gasteiger partial charge in [0, 0.05) is 14.0 Å². The monoisotopic (exact) mass is 149 g/mol. The molecule has 0 heterocycles. The van der Waals surface area contributed by atoms with Gasteiger partial charge in [-0.05, 0) is 12.1 Å². The van der Waals surface area contributed by atoms with E-state index in [1.807, 2.05) is 37.3 Å². The van der Waals surface area contributed by atoms with E-state index in [1.165, 1.54) is 0 Å². The number of nitrogens with zero attached hydrogens (tertiary/aromatic N) is 1. The molecule has 0 atom stereocenters. The molecule has 0 aliphatic heterocycles. The summed E-state index contributed by atoms with van der Waals surface area (Å²) in [4.78, 5) is 3.88. The van der Waals surface area contributed by atoms with E-state index in [0.29, 0.717) is 5.90 Å². The van der Waals surface area contributed by atoms with E-state index in [1.54, 1.807) is 7.05 Å². The number of benzene rings is 1. The van der Waals surface area contributed by atoms with Gasteiger partial charge in [0.05, 0.1) is 0 Å². The first kappa shape index (κ1) is 7.79. The third-order valence-electron chi connectivity index (χ3n) is 1.32. The van der Waals surface area contributed by atoms with Crippen molar-refractivity contribution >= 4 is 5.90 Å². The van der Waals surface area contributed by atoms with E-state index in [2.05, 4.69) is 4.99 Å². The van der Waals surface area contributed by atoms with Crippen molar-refractivity contribution in [2.75, 3.05) is 7.05 Å². The first-order valence-electron chi connectivity index (χ1n) is 3.49. The van der Waals surface area contributed by atoms with Crippen molar-refractivity contribution < 1.29 is 4.74 Å². The molecule has 2 heteroatoms. The summed E-state index contributed by atoms with van der Waals surface area (Å²) < 4.78 is 5.31. The minimum Gasteiger partial charge on any atom is -0.444 e. The Balaban J connectivity index is 2.65. The summed E-state index contributed by atoms with van der Waals surface area (Å²) in [6.07, 6.45) is 0. The SMILES string of the molecule is C/N=C(/C)Oc1ccccc1. The van der Waals surface area contributed by atoms with E-state index < -0.39 is 0 Å². The van der Waals surface area contributed by atoms with E-state index >= 15 is 0 Å². The van der Waals surface area contributed by atoms with Crippen molar-refractivity contribution in [1.29, 1.82) is 0 Å². The molecule has 11 heavy (non-hydrogen) atoms. The molecule has 0 aliphatic carbocycles. The topological polar surface area (TPSA) is 21.6 Å². The van der Waals surface area contributed by atoms with Crippen molar-refractivity contribution in [2.45, 2.75) is 6.92 Å². The van der Waals surface area contributed by atoms with E-state index in [9.17, 15) is 0 Å². The zero-order valence-corrected chi connectivity index (χ0v) is 6.74. The van der Waals surface area contributed by atoms with Crippen LogP contribution >= 0.6 is 0 Å². The van der Waals surface area contributed by atoms with Crippen LogP contribution in [0.1, 0.15) is 6.92 Å². The lowest BCUT2D eigenvalue weighted by atomic mass is 10.3. The fraction of sp³-hybridized carbons (Fsp3) is 0.222. The first-order valence-corrected chi connectivity index (χ1v) is 3.49. The number of ether oxygens (including phenoxy) is 1. The summed E-state index contributed by atoms with van der Waals surface area (Å²) in [7, 11) is 1.71. The first-order chi connectivity index (χ1) is 5.33. The molecule has 0 aromatic heterocycles. The van der Waals surface area contributed by atoms with E-state index in [0.717, 1.165) is 5.75 Å². The maximum Gasteiger partial charge on any atom is 0.186 e. The predicted octanol–water partition coefficient (Wildman–Crippen LogP) is 2.11. The molecule has 0 amide bonds. The van der Waals surface area contributed by atoms with Crippen LogP contribution in [0, 0.1) is 0 Å². The molecule has 0 radical (unpaired) electrons. The van der Waals surface area contributed by atoms with Crippen molar-refractivity contribution in [1.82, 2.24) is 0 Å². The zero-order valence-electron chi connectivity index (χ0n) is 6.74. The second-order valence-electron chi connectivity index (χ2n) is 2.16. The molecule has 0 bridgehead atoms. The summed E-state index contributed by atoms with van der Waals surface area (Å²) >= 11 is 0. The summed E-state index contributed by atoms with van der Waals surface area (Å²) in [5, 5.41) is 0. The van der Waals surface area contributed by atoms with Gasteiger partial charge in [0.15, 0.2) is 5.90 Å². The highest BCUT2D eigenvalue weighted by molar-refractivity contribution is 5.75. The average Bonchev–Trinajstić information content (AvgIpc) is 2.06. The Hall–Kier alpha value is -1.31. The van der Waals surface area contributed by atoms with Gasteiger partial charge in [0.2, 0.25) is 0 Å². The van der Waals surface area contributed by atoms with Crippen molar-refractivity contribution in [3.8, 4) is 5.75 Å². The van der Waals surface area contributed by atoms with Crippen LogP contribution in [0.15, 0.2) is 35.3 Å². The molecule has 1 rings (SSSR count). The van der Waals surface area contributed by atoms with Crippen LogP contribution in [0.2, 0.25) is 0 Å². The molecule has 0 spiro atoms. The van der Waals surface area contributed by atoms with Crippen molar-refractivity contribution in [3.05, 3.63) is 30.3 Å². The standard InChI is InChI=1S/C9H11NO/c1-8(10-2)11-9-6-4-3-5-7-9/h3-7H,1-2H3/b10-8-. The quantitative estimate of drug-likeness (QED) is 0.442. The van der Waals surface area contributed by atoms with Crippen molar-refractivity contribution in [2.24, 2.45) is 4.99 Å². The van der Waals surface area contributed by atoms with Gasteiger partial charge in [-0.3, -0.25) is 4.99 Å². The lowest BCUT2D eigenvalue weighted by molar-refractivity contribution is 0.545. The van der Waals surface area contributed by atoms with Gasteiger partial charge in [0.1, 0.15) is 5.75 Å². The maximum atomic E-state index is 5.31. The second-order valence-corrected chi connectivity index (χ2v) is 2.16. The Morgan fingerprint density at radius 3 is 2.45 bits per heavy atom. The molecule has 1 aromatic rings. The van der Waals surface area contributed by atoms with E-state index in [-0.39, 0.29) is 0 Å². The molecule has 0 aliphatic rings.